The first-order valence-corrected chi connectivity index (χ1v) is 13.2. The van der Waals surface area contributed by atoms with Crippen molar-refractivity contribution in [3.05, 3.63) is 80.6 Å². The molecule has 5 rings (SSSR count). The molecule has 0 bridgehead atoms. The Kier molecular flexibility index (Phi) is 6.51. The number of aryl methyl sites for hydroxylation is 1. The lowest BCUT2D eigenvalue weighted by Gasteiger charge is -2.32. The summed E-state index contributed by atoms with van der Waals surface area (Å²) < 4.78 is 2.07. The van der Waals surface area contributed by atoms with Crippen LogP contribution in [-0.4, -0.2) is 37.6 Å². The van der Waals surface area contributed by atoms with Crippen LogP contribution in [0.1, 0.15) is 49.4 Å². The summed E-state index contributed by atoms with van der Waals surface area (Å²) in [6, 6.07) is 13.4. The van der Waals surface area contributed by atoms with E-state index in [1.165, 1.54) is 11.8 Å². The molecule has 0 unspecified atom stereocenters. The zero-order valence-corrected chi connectivity index (χ0v) is 21.7. The Labute approximate surface area is 214 Å². The summed E-state index contributed by atoms with van der Waals surface area (Å²) in [6.07, 6.45) is 5.53. The van der Waals surface area contributed by atoms with Crippen molar-refractivity contribution in [2.75, 3.05) is 18.0 Å². The number of aromatic nitrogens is 2. The molecule has 0 N–H and O–H groups in total. The highest BCUT2D eigenvalue weighted by atomic mass is 32.2. The summed E-state index contributed by atoms with van der Waals surface area (Å²) in [7, 11) is 0. The second-order valence-electron chi connectivity index (χ2n) is 9.35. The predicted octanol–water partition coefficient (Wildman–Crippen LogP) is 5.20. The predicted molar refractivity (Wildman–Crippen MR) is 147 cm³/mol. The van der Waals surface area contributed by atoms with Crippen molar-refractivity contribution < 1.29 is 4.79 Å². The smallest absolute Gasteiger partial charge is 0.267 e. The van der Waals surface area contributed by atoms with Gasteiger partial charge in [0.25, 0.3) is 11.5 Å². The van der Waals surface area contributed by atoms with Crippen LogP contribution in [0.25, 0.3) is 11.7 Å². The first kappa shape index (κ1) is 23.8. The van der Waals surface area contributed by atoms with Gasteiger partial charge in [0.2, 0.25) is 0 Å². The van der Waals surface area contributed by atoms with Gasteiger partial charge in [-0.2, -0.15) is 0 Å². The first-order valence-electron chi connectivity index (χ1n) is 11.9. The van der Waals surface area contributed by atoms with Gasteiger partial charge >= 0.3 is 0 Å². The van der Waals surface area contributed by atoms with Crippen molar-refractivity contribution in [1.82, 2.24) is 14.3 Å². The topological polar surface area (TPSA) is 57.9 Å². The Morgan fingerprint density at radius 1 is 1.11 bits per heavy atom. The standard InChI is InChI=1S/C27H28N4O2S2/c1-17-11-14-29(15-12-17)24-21(25(32)30-13-7-8-18(2)23(30)28-24)16-22-26(33)31(27(34)35-22)19(3)20-9-5-4-6-10-20/h4-10,13,16-17,19H,11-12,14-15H2,1-3H3/b22-16-/t19-/m1/s1. The van der Waals surface area contributed by atoms with Crippen LogP contribution in [0.5, 0.6) is 0 Å². The Morgan fingerprint density at radius 2 is 1.83 bits per heavy atom. The van der Waals surface area contributed by atoms with Crippen LogP contribution in [0.15, 0.2) is 58.4 Å². The molecule has 180 valence electrons. The van der Waals surface area contributed by atoms with Crippen LogP contribution in [-0.2, 0) is 4.79 Å². The van der Waals surface area contributed by atoms with Crippen LogP contribution in [0.4, 0.5) is 5.82 Å². The molecule has 2 aliphatic rings. The second-order valence-corrected chi connectivity index (χ2v) is 11.0. The Morgan fingerprint density at radius 3 is 2.54 bits per heavy atom. The van der Waals surface area contributed by atoms with Crippen molar-refractivity contribution >= 4 is 51.7 Å². The van der Waals surface area contributed by atoms with E-state index >= 15 is 0 Å². The second kappa shape index (κ2) is 9.59. The molecule has 8 heteroatoms. The van der Waals surface area contributed by atoms with Gasteiger partial charge in [-0.15, -0.1) is 0 Å². The largest absolute Gasteiger partial charge is 0.356 e. The van der Waals surface area contributed by atoms with E-state index in [2.05, 4.69) is 11.8 Å². The van der Waals surface area contributed by atoms with Crippen LogP contribution in [0.2, 0.25) is 0 Å². The van der Waals surface area contributed by atoms with E-state index in [1.54, 1.807) is 21.6 Å². The van der Waals surface area contributed by atoms with Crippen molar-refractivity contribution in [2.24, 2.45) is 5.92 Å². The number of nitrogens with zero attached hydrogens (tertiary/aromatic N) is 4. The number of amides is 1. The number of thiocarbonyl (C=S) groups is 1. The fourth-order valence-corrected chi connectivity index (χ4v) is 6.11. The highest BCUT2D eigenvalue weighted by Gasteiger charge is 2.36. The molecule has 6 nitrogen and oxygen atoms in total. The van der Waals surface area contributed by atoms with E-state index < -0.39 is 0 Å². The highest BCUT2D eigenvalue weighted by molar-refractivity contribution is 8.26. The Bertz CT molecular complexity index is 1390. The monoisotopic (exact) mass is 504 g/mol. The number of pyridine rings is 1. The van der Waals surface area contributed by atoms with Crippen LogP contribution < -0.4 is 10.5 Å². The number of thioether (sulfide) groups is 1. The van der Waals surface area contributed by atoms with Crippen molar-refractivity contribution in [3.63, 3.8) is 0 Å². The maximum atomic E-state index is 13.7. The molecule has 2 aliphatic heterocycles. The Hall–Kier alpha value is -2.97. The van der Waals surface area contributed by atoms with Gasteiger partial charge in [0.05, 0.1) is 16.5 Å². The molecule has 0 aliphatic carbocycles. The summed E-state index contributed by atoms with van der Waals surface area (Å²) in [4.78, 5) is 36.4. The molecule has 1 amide bonds. The molecule has 0 radical (unpaired) electrons. The van der Waals surface area contributed by atoms with Gasteiger partial charge in [-0.05, 0) is 55.9 Å². The molecule has 2 fully saturated rings. The first-order chi connectivity index (χ1) is 16.8. The lowest BCUT2D eigenvalue weighted by Crippen LogP contribution is -2.36. The molecule has 3 aromatic rings. The summed E-state index contributed by atoms with van der Waals surface area (Å²) in [6.45, 7) is 7.85. The van der Waals surface area contributed by atoms with Crippen molar-refractivity contribution in [2.45, 2.75) is 39.7 Å². The van der Waals surface area contributed by atoms with Gasteiger partial charge in [0.1, 0.15) is 15.8 Å². The molecule has 0 saturated carbocycles. The molecule has 1 atom stereocenters. The van der Waals surface area contributed by atoms with Gasteiger partial charge in [0.15, 0.2) is 0 Å². The SMILES string of the molecule is Cc1cccn2c(=O)c(/C=C3\SC(=S)N([C@H](C)c4ccccc4)C3=O)c(N3CCC(C)CC3)nc12. The molecule has 1 aromatic carbocycles. The number of carbonyl (C=O) groups excluding carboxylic acids is 1. The molecule has 4 heterocycles. The van der Waals surface area contributed by atoms with Gasteiger partial charge in [0, 0.05) is 19.3 Å². The number of hydrogen-bond donors (Lipinski definition) is 0. The normalized spacial score (nSPS) is 19.2. The Balaban J connectivity index is 1.60. The van der Waals surface area contributed by atoms with Crippen molar-refractivity contribution in [3.8, 4) is 0 Å². The maximum absolute atomic E-state index is 13.7. The summed E-state index contributed by atoms with van der Waals surface area (Å²) in [5.74, 6) is 1.12. The van der Waals surface area contributed by atoms with E-state index in [9.17, 15) is 9.59 Å². The van der Waals surface area contributed by atoms with Crippen LogP contribution in [0.3, 0.4) is 0 Å². The molecule has 2 saturated heterocycles. The molecule has 0 spiro atoms. The third-order valence-electron chi connectivity index (χ3n) is 6.92. The number of hydrogen-bond acceptors (Lipinski definition) is 6. The van der Waals surface area contributed by atoms with E-state index in [0.29, 0.717) is 32.2 Å². The van der Waals surface area contributed by atoms with Crippen LogP contribution in [0, 0.1) is 12.8 Å². The number of carbonyl (C=O) groups is 1. The third kappa shape index (κ3) is 4.41. The fraction of sp³-hybridized carbons (Fsp3) is 0.333. The van der Waals surface area contributed by atoms with Crippen LogP contribution >= 0.6 is 24.0 Å². The molecular weight excluding hydrogens is 476 g/mol. The number of fused-ring (bicyclic) bond motifs is 1. The quantitative estimate of drug-likeness (QED) is 0.360. The highest BCUT2D eigenvalue weighted by Crippen LogP contribution is 2.38. The number of piperidine rings is 1. The van der Waals surface area contributed by atoms with E-state index in [4.69, 9.17) is 17.2 Å². The third-order valence-corrected chi connectivity index (χ3v) is 8.25. The zero-order valence-electron chi connectivity index (χ0n) is 20.1. The van der Waals surface area contributed by atoms with E-state index in [-0.39, 0.29) is 17.5 Å². The minimum atomic E-state index is -0.198. The zero-order chi connectivity index (χ0) is 24.7. The number of rotatable bonds is 4. The fourth-order valence-electron chi connectivity index (χ4n) is 4.71. The minimum Gasteiger partial charge on any atom is -0.356 e. The van der Waals surface area contributed by atoms with Gasteiger partial charge < -0.3 is 4.90 Å². The summed E-state index contributed by atoms with van der Waals surface area (Å²) in [5.41, 5.74) is 2.86. The van der Waals surface area contributed by atoms with Crippen molar-refractivity contribution in [1.29, 1.82) is 0 Å². The van der Waals surface area contributed by atoms with Gasteiger partial charge in [-0.25, -0.2) is 4.98 Å². The summed E-state index contributed by atoms with van der Waals surface area (Å²) in [5, 5.41) is 0. The van der Waals surface area contributed by atoms with E-state index in [0.717, 1.165) is 37.1 Å². The molecular formula is C27H28N4O2S2. The lowest BCUT2D eigenvalue weighted by atomic mass is 9.99. The van der Waals surface area contributed by atoms with Gasteiger partial charge in [-0.3, -0.25) is 18.9 Å². The average molecular weight is 505 g/mol. The summed E-state index contributed by atoms with van der Waals surface area (Å²) >= 11 is 6.85. The maximum Gasteiger partial charge on any atom is 0.267 e. The molecule has 2 aromatic heterocycles. The lowest BCUT2D eigenvalue weighted by molar-refractivity contribution is -0.123. The number of anilines is 1. The molecule has 35 heavy (non-hydrogen) atoms. The average Bonchev–Trinajstić information content (AvgIpc) is 3.14. The minimum absolute atomic E-state index is 0.173. The van der Waals surface area contributed by atoms with Gasteiger partial charge in [-0.1, -0.05) is 67.3 Å². The number of benzene rings is 1. The van der Waals surface area contributed by atoms with E-state index in [1.807, 2.05) is 56.3 Å².